The summed E-state index contributed by atoms with van der Waals surface area (Å²) in [4.78, 5) is 2.68. The van der Waals surface area contributed by atoms with Gasteiger partial charge in [0.2, 0.25) is 0 Å². The van der Waals surface area contributed by atoms with Crippen LogP contribution < -0.4 is 5.32 Å². The van der Waals surface area contributed by atoms with Gasteiger partial charge in [0.15, 0.2) is 0 Å². The zero-order valence-electron chi connectivity index (χ0n) is 10.0. The summed E-state index contributed by atoms with van der Waals surface area (Å²) in [5.74, 6) is 0. The predicted molar refractivity (Wildman–Crippen MR) is 80.4 cm³/mol. The molecule has 3 heteroatoms. The van der Waals surface area contributed by atoms with Gasteiger partial charge in [-0.25, -0.2) is 0 Å². The molecule has 0 saturated carbocycles. The molecule has 2 fully saturated rings. The molecule has 0 aliphatic carbocycles. The molecule has 3 rings (SSSR count). The molecule has 2 unspecified atom stereocenters. The van der Waals surface area contributed by atoms with Crippen molar-refractivity contribution in [2.24, 2.45) is 0 Å². The molecule has 2 aliphatic rings. The first-order valence-electron chi connectivity index (χ1n) is 6.60. The minimum absolute atomic E-state index is 0.659. The molecule has 2 heterocycles. The Labute approximate surface area is 117 Å². The van der Waals surface area contributed by atoms with Gasteiger partial charge in [-0.2, -0.15) is 0 Å². The SMILES string of the molecule is Ic1ccccc1NC1CCN2CCCCC12. The molecule has 2 aliphatic heterocycles. The fourth-order valence-corrected chi connectivity index (χ4v) is 3.74. The fourth-order valence-electron chi connectivity index (χ4n) is 3.19. The summed E-state index contributed by atoms with van der Waals surface area (Å²) in [5.41, 5.74) is 1.31. The average Bonchev–Trinajstić information content (AvgIpc) is 2.76. The Morgan fingerprint density at radius 1 is 1.12 bits per heavy atom. The van der Waals surface area contributed by atoms with E-state index in [1.54, 1.807) is 0 Å². The van der Waals surface area contributed by atoms with E-state index >= 15 is 0 Å². The number of nitrogens with one attached hydrogen (secondary N) is 1. The summed E-state index contributed by atoms with van der Waals surface area (Å²) < 4.78 is 1.33. The Kier molecular flexibility index (Phi) is 3.56. The van der Waals surface area contributed by atoms with Crippen LogP contribution >= 0.6 is 22.6 Å². The number of piperidine rings is 1. The Morgan fingerprint density at radius 2 is 2.00 bits per heavy atom. The first kappa shape index (κ1) is 11.8. The van der Waals surface area contributed by atoms with Gasteiger partial charge in [0, 0.05) is 27.9 Å². The van der Waals surface area contributed by atoms with Crippen molar-refractivity contribution in [2.45, 2.75) is 37.8 Å². The highest BCUT2D eigenvalue weighted by Crippen LogP contribution is 2.30. The third kappa shape index (κ3) is 2.45. The third-order valence-corrected chi connectivity index (χ3v) is 5.01. The molecule has 0 radical (unpaired) electrons. The van der Waals surface area contributed by atoms with Gasteiger partial charge in [0.25, 0.3) is 0 Å². The van der Waals surface area contributed by atoms with Crippen LogP contribution in [0, 0.1) is 3.57 Å². The molecule has 92 valence electrons. The number of benzene rings is 1. The highest BCUT2D eigenvalue weighted by atomic mass is 127. The molecule has 2 saturated heterocycles. The summed E-state index contributed by atoms with van der Waals surface area (Å²) in [6.07, 6.45) is 5.48. The second-order valence-corrected chi connectivity index (χ2v) is 6.28. The maximum atomic E-state index is 3.76. The monoisotopic (exact) mass is 342 g/mol. The topological polar surface area (TPSA) is 15.3 Å². The van der Waals surface area contributed by atoms with E-state index in [4.69, 9.17) is 0 Å². The molecule has 0 aromatic heterocycles. The van der Waals surface area contributed by atoms with Crippen LogP contribution in [0.25, 0.3) is 0 Å². The van der Waals surface area contributed by atoms with Gasteiger partial charge < -0.3 is 5.32 Å². The number of halogens is 1. The number of hydrogen-bond acceptors (Lipinski definition) is 2. The lowest BCUT2D eigenvalue weighted by molar-refractivity contribution is 0.193. The van der Waals surface area contributed by atoms with E-state index in [-0.39, 0.29) is 0 Å². The van der Waals surface area contributed by atoms with Gasteiger partial charge in [0.1, 0.15) is 0 Å². The molecule has 17 heavy (non-hydrogen) atoms. The van der Waals surface area contributed by atoms with Crippen LogP contribution in [-0.2, 0) is 0 Å². The van der Waals surface area contributed by atoms with E-state index in [0.29, 0.717) is 6.04 Å². The van der Waals surface area contributed by atoms with Crippen LogP contribution in [0.5, 0.6) is 0 Å². The van der Waals surface area contributed by atoms with Crippen LogP contribution in [0.3, 0.4) is 0 Å². The molecule has 2 nitrogen and oxygen atoms in total. The summed E-state index contributed by atoms with van der Waals surface area (Å²) in [6, 6.07) is 10.0. The second-order valence-electron chi connectivity index (χ2n) is 5.12. The average molecular weight is 342 g/mol. The first-order chi connectivity index (χ1) is 8.34. The highest BCUT2D eigenvalue weighted by Gasteiger charge is 2.35. The van der Waals surface area contributed by atoms with Gasteiger partial charge in [-0.3, -0.25) is 4.90 Å². The van der Waals surface area contributed by atoms with Gasteiger partial charge in [-0.15, -0.1) is 0 Å². The molecule has 2 atom stereocenters. The van der Waals surface area contributed by atoms with Gasteiger partial charge in [-0.05, 0) is 60.5 Å². The predicted octanol–water partition coefficient (Wildman–Crippen LogP) is 3.33. The molecular weight excluding hydrogens is 323 g/mol. The summed E-state index contributed by atoms with van der Waals surface area (Å²) >= 11 is 2.42. The molecule has 0 spiro atoms. The van der Waals surface area contributed by atoms with E-state index < -0.39 is 0 Å². The van der Waals surface area contributed by atoms with Gasteiger partial charge >= 0.3 is 0 Å². The minimum Gasteiger partial charge on any atom is -0.380 e. The van der Waals surface area contributed by atoms with E-state index in [2.05, 4.69) is 57.1 Å². The number of nitrogens with zero attached hydrogens (tertiary/aromatic N) is 1. The lowest BCUT2D eigenvalue weighted by Gasteiger charge is -2.33. The zero-order valence-corrected chi connectivity index (χ0v) is 12.2. The Hall–Kier alpha value is -0.290. The summed E-state index contributed by atoms with van der Waals surface area (Å²) in [5, 5.41) is 3.76. The van der Waals surface area contributed by atoms with Crippen molar-refractivity contribution < 1.29 is 0 Å². The molecular formula is C14H19IN2. The highest BCUT2D eigenvalue weighted by molar-refractivity contribution is 14.1. The lowest BCUT2D eigenvalue weighted by atomic mass is 9.99. The van der Waals surface area contributed by atoms with Gasteiger partial charge in [-0.1, -0.05) is 18.6 Å². The molecule has 1 aromatic rings. The van der Waals surface area contributed by atoms with Crippen LogP contribution in [0.2, 0.25) is 0 Å². The third-order valence-electron chi connectivity index (χ3n) is 4.07. The van der Waals surface area contributed by atoms with Crippen LogP contribution in [0.4, 0.5) is 5.69 Å². The number of anilines is 1. The van der Waals surface area contributed by atoms with Crippen LogP contribution in [-0.4, -0.2) is 30.1 Å². The van der Waals surface area contributed by atoms with Crippen LogP contribution in [0.1, 0.15) is 25.7 Å². The number of hydrogen-bond donors (Lipinski definition) is 1. The van der Waals surface area contributed by atoms with Crippen molar-refractivity contribution in [1.82, 2.24) is 4.90 Å². The van der Waals surface area contributed by atoms with E-state index in [1.807, 2.05) is 0 Å². The van der Waals surface area contributed by atoms with E-state index in [9.17, 15) is 0 Å². The Morgan fingerprint density at radius 3 is 2.88 bits per heavy atom. The lowest BCUT2D eigenvalue weighted by Crippen LogP contribution is -2.41. The fraction of sp³-hybridized carbons (Fsp3) is 0.571. The first-order valence-corrected chi connectivity index (χ1v) is 7.67. The number of rotatable bonds is 2. The standard InChI is InChI=1S/C14H19IN2/c15-11-5-1-2-6-12(11)16-13-8-10-17-9-4-3-7-14(13)17/h1-2,5-6,13-14,16H,3-4,7-10H2. The summed E-state index contributed by atoms with van der Waals surface area (Å²) in [6.45, 7) is 2.60. The maximum absolute atomic E-state index is 3.76. The van der Waals surface area contributed by atoms with Crippen molar-refractivity contribution >= 4 is 28.3 Å². The van der Waals surface area contributed by atoms with Crippen molar-refractivity contribution in [3.63, 3.8) is 0 Å². The smallest absolute Gasteiger partial charge is 0.0478 e. The second kappa shape index (κ2) is 5.14. The van der Waals surface area contributed by atoms with E-state index in [0.717, 1.165) is 6.04 Å². The van der Waals surface area contributed by atoms with Crippen molar-refractivity contribution in [2.75, 3.05) is 18.4 Å². The molecule has 1 aromatic carbocycles. The maximum Gasteiger partial charge on any atom is 0.0478 e. The normalized spacial score (nSPS) is 29.0. The zero-order chi connectivity index (χ0) is 11.7. The van der Waals surface area contributed by atoms with Gasteiger partial charge in [0.05, 0.1) is 0 Å². The van der Waals surface area contributed by atoms with Crippen molar-refractivity contribution in [1.29, 1.82) is 0 Å². The Bertz CT molecular complexity index is 394. The summed E-state index contributed by atoms with van der Waals surface area (Å²) in [7, 11) is 0. The van der Waals surface area contributed by atoms with Crippen molar-refractivity contribution in [3.8, 4) is 0 Å². The van der Waals surface area contributed by atoms with Crippen molar-refractivity contribution in [3.05, 3.63) is 27.8 Å². The number of para-hydroxylation sites is 1. The minimum atomic E-state index is 0.659. The van der Waals surface area contributed by atoms with Crippen LogP contribution in [0.15, 0.2) is 24.3 Å². The van der Waals surface area contributed by atoms with E-state index in [1.165, 1.54) is 48.0 Å². The largest absolute Gasteiger partial charge is 0.380 e. The molecule has 0 bridgehead atoms. The Balaban J connectivity index is 1.71. The molecule has 0 amide bonds. The quantitative estimate of drug-likeness (QED) is 0.830. The number of fused-ring (bicyclic) bond motifs is 1. The molecule has 1 N–H and O–H groups in total.